The number of allylic oxidation sites excluding steroid dienone is 1. The summed E-state index contributed by atoms with van der Waals surface area (Å²) in [5.41, 5.74) is 1.27. The predicted molar refractivity (Wildman–Crippen MR) is 115 cm³/mol. The lowest BCUT2D eigenvalue weighted by Gasteiger charge is -2.40. The third-order valence-corrected chi connectivity index (χ3v) is 11.5. The highest BCUT2D eigenvalue weighted by Gasteiger charge is 2.37. The van der Waals surface area contributed by atoms with E-state index in [-0.39, 0.29) is 10.5 Å². The molecule has 0 aliphatic heterocycles. The quantitative estimate of drug-likeness (QED) is 0.278. The first-order chi connectivity index (χ1) is 12.6. The SMILES string of the molecule is CCC(/C=C/Cc1cc(C)ccc1S(=O)(=O)O)(CC)O[Si](CC)(CC)CC. The van der Waals surface area contributed by atoms with Gasteiger partial charge in [-0.15, -0.1) is 0 Å². The van der Waals surface area contributed by atoms with E-state index in [1.54, 1.807) is 6.07 Å². The summed E-state index contributed by atoms with van der Waals surface area (Å²) in [5, 5.41) is 0. The van der Waals surface area contributed by atoms with E-state index in [1.165, 1.54) is 6.07 Å². The van der Waals surface area contributed by atoms with Crippen LogP contribution in [0.3, 0.4) is 0 Å². The minimum Gasteiger partial charge on any atom is -0.408 e. The first-order valence-corrected chi connectivity index (χ1v) is 14.0. The molecule has 0 aliphatic rings. The zero-order valence-electron chi connectivity index (χ0n) is 17.7. The van der Waals surface area contributed by atoms with E-state index in [4.69, 9.17) is 4.43 Å². The van der Waals surface area contributed by atoms with Gasteiger partial charge >= 0.3 is 0 Å². The van der Waals surface area contributed by atoms with Gasteiger partial charge in [0, 0.05) is 0 Å². The largest absolute Gasteiger partial charge is 0.408 e. The maximum Gasteiger partial charge on any atom is 0.294 e. The Morgan fingerprint density at radius 3 is 2.07 bits per heavy atom. The Hall–Kier alpha value is -0.953. The van der Waals surface area contributed by atoms with Crippen molar-refractivity contribution in [2.24, 2.45) is 0 Å². The first kappa shape index (κ1) is 24.1. The Morgan fingerprint density at radius 2 is 1.63 bits per heavy atom. The second-order valence-corrected chi connectivity index (χ2v) is 13.4. The van der Waals surface area contributed by atoms with Crippen LogP contribution < -0.4 is 0 Å². The van der Waals surface area contributed by atoms with Gasteiger partial charge in [-0.3, -0.25) is 4.55 Å². The topological polar surface area (TPSA) is 63.6 Å². The lowest BCUT2D eigenvalue weighted by atomic mass is 9.96. The van der Waals surface area contributed by atoms with E-state index >= 15 is 0 Å². The van der Waals surface area contributed by atoms with Crippen LogP contribution in [0.1, 0.15) is 58.6 Å². The van der Waals surface area contributed by atoms with Crippen molar-refractivity contribution in [2.75, 3.05) is 0 Å². The number of hydrogen-bond donors (Lipinski definition) is 1. The first-order valence-electron chi connectivity index (χ1n) is 10.1. The molecule has 0 aromatic heterocycles. The average Bonchev–Trinajstić information content (AvgIpc) is 2.64. The van der Waals surface area contributed by atoms with Crippen molar-refractivity contribution >= 4 is 18.4 Å². The van der Waals surface area contributed by atoms with Gasteiger partial charge in [-0.1, -0.05) is 64.5 Å². The molecule has 1 rings (SSSR count). The van der Waals surface area contributed by atoms with E-state index in [2.05, 4.69) is 40.7 Å². The van der Waals surface area contributed by atoms with Crippen molar-refractivity contribution < 1.29 is 17.4 Å². The van der Waals surface area contributed by atoms with Gasteiger partial charge in [-0.05, 0) is 55.9 Å². The Labute approximate surface area is 166 Å². The molecule has 0 saturated heterocycles. The molecule has 4 nitrogen and oxygen atoms in total. The van der Waals surface area contributed by atoms with Gasteiger partial charge in [0.15, 0.2) is 8.32 Å². The Balaban J connectivity index is 3.16. The standard InChI is InChI=1S/C21H36O4SSi/c1-7-21(8-2,25-27(9-3,10-4)11-5)16-12-13-19-17-18(6)14-15-20(19)26(22,23)24/h12,14-17H,7-11,13H2,1-6H3,(H,22,23,24)/b16-12+. The molecule has 1 aromatic carbocycles. The van der Waals surface area contributed by atoms with Crippen LogP contribution >= 0.6 is 0 Å². The predicted octanol–water partition coefficient (Wildman–Crippen LogP) is 5.92. The fourth-order valence-corrected chi connectivity index (χ4v) is 7.45. The minimum absolute atomic E-state index is 0.0170. The highest BCUT2D eigenvalue weighted by molar-refractivity contribution is 7.85. The molecule has 0 radical (unpaired) electrons. The highest BCUT2D eigenvalue weighted by Crippen LogP contribution is 2.33. The molecule has 1 aromatic rings. The molecule has 0 heterocycles. The summed E-state index contributed by atoms with van der Waals surface area (Å²) >= 11 is 0. The Bertz CT molecular complexity index is 724. The molecule has 0 saturated carbocycles. The van der Waals surface area contributed by atoms with Gasteiger partial charge in [0.2, 0.25) is 0 Å². The van der Waals surface area contributed by atoms with Crippen LogP contribution in [-0.2, 0) is 21.0 Å². The summed E-state index contributed by atoms with van der Waals surface area (Å²) in [6.07, 6.45) is 6.32. The van der Waals surface area contributed by atoms with Crippen molar-refractivity contribution in [1.29, 1.82) is 0 Å². The Morgan fingerprint density at radius 1 is 1.07 bits per heavy atom. The summed E-state index contributed by atoms with van der Waals surface area (Å²) in [6.45, 7) is 12.9. The smallest absolute Gasteiger partial charge is 0.294 e. The fourth-order valence-electron chi connectivity index (χ4n) is 3.58. The van der Waals surface area contributed by atoms with E-state index in [0.29, 0.717) is 12.0 Å². The second-order valence-electron chi connectivity index (χ2n) is 7.31. The maximum atomic E-state index is 11.7. The van der Waals surface area contributed by atoms with Crippen LogP contribution in [0.2, 0.25) is 18.1 Å². The summed E-state index contributed by atoms with van der Waals surface area (Å²) in [5.74, 6) is 0. The third-order valence-electron chi connectivity index (χ3n) is 5.80. The highest BCUT2D eigenvalue weighted by atomic mass is 32.2. The van der Waals surface area contributed by atoms with E-state index in [1.807, 2.05) is 19.1 Å². The summed E-state index contributed by atoms with van der Waals surface area (Å²) < 4.78 is 39.6. The van der Waals surface area contributed by atoms with Gasteiger partial charge in [-0.25, -0.2) is 0 Å². The summed E-state index contributed by atoms with van der Waals surface area (Å²) in [6, 6.07) is 8.28. The summed E-state index contributed by atoms with van der Waals surface area (Å²) in [7, 11) is -5.99. The maximum absolute atomic E-state index is 11.7. The van der Waals surface area contributed by atoms with Crippen molar-refractivity contribution in [2.45, 2.75) is 89.4 Å². The Kier molecular flexibility index (Phi) is 8.93. The van der Waals surface area contributed by atoms with Gasteiger partial charge in [0.25, 0.3) is 10.1 Å². The van der Waals surface area contributed by atoms with Crippen LogP contribution in [0.4, 0.5) is 0 Å². The van der Waals surface area contributed by atoms with E-state index in [0.717, 1.165) is 36.5 Å². The van der Waals surface area contributed by atoms with Crippen LogP contribution in [0.5, 0.6) is 0 Å². The van der Waals surface area contributed by atoms with Crippen LogP contribution in [0, 0.1) is 6.92 Å². The number of hydrogen-bond acceptors (Lipinski definition) is 3. The van der Waals surface area contributed by atoms with Crippen molar-refractivity contribution in [3.8, 4) is 0 Å². The number of benzene rings is 1. The second kappa shape index (κ2) is 10.0. The number of rotatable bonds is 11. The summed E-state index contributed by atoms with van der Waals surface area (Å²) in [4.78, 5) is -0.0170. The van der Waals surface area contributed by atoms with Gasteiger partial charge in [0.1, 0.15) is 0 Å². The molecule has 6 heteroatoms. The van der Waals surface area contributed by atoms with Gasteiger partial charge in [-0.2, -0.15) is 8.42 Å². The molecule has 154 valence electrons. The monoisotopic (exact) mass is 412 g/mol. The van der Waals surface area contributed by atoms with E-state index < -0.39 is 18.4 Å². The molecule has 0 aliphatic carbocycles. The van der Waals surface area contributed by atoms with E-state index in [9.17, 15) is 13.0 Å². The molecular formula is C21H36O4SSi. The van der Waals surface area contributed by atoms with Crippen LogP contribution in [0.25, 0.3) is 0 Å². The lowest BCUT2D eigenvalue weighted by molar-refractivity contribution is 0.0970. The molecule has 0 spiro atoms. The minimum atomic E-state index is -4.23. The molecule has 0 fully saturated rings. The third kappa shape index (κ3) is 6.27. The van der Waals surface area contributed by atoms with Gasteiger partial charge < -0.3 is 4.43 Å². The van der Waals surface area contributed by atoms with Crippen molar-refractivity contribution in [1.82, 2.24) is 0 Å². The van der Waals surface area contributed by atoms with Crippen molar-refractivity contribution in [3.63, 3.8) is 0 Å². The average molecular weight is 413 g/mol. The molecule has 0 unspecified atom stereocenters. The molecule has 0 bridgehead atoms. The zero-order valence-corrected chi connectivity index (χ0v) is 19.5. The normalized spacial score (nSPS) is 13.4. The van der Waals surface area contributed by atoms with Crippen molar-refractivity contribution in [3.05, 3.63) is 41.5 Å². The molecule has 1 N–H and O–H groups in total. The van der Waals surface area contributed by atoms with Crippen LogP contribution in [0.15, 0.2) is 35.2 Å². The van der Waals surface area contributed by atoms with Gasteiger partial charge in [0.05, 0.1) is 10.5 Å². The molecule has 27 heavy (non-hydrogen) atoms. The fraction of sp³-hybridized carbons (Fsp3) is 0.619. The molecule has 0 amide bonds. The lowest BCUT2D eigenvalue weighted by Crippen LogP contribution is -2.46. The zero-order chi connectivity index (χ0) is 20.7. The molecular weight excluding hydrogens is 376 g/mol. The van der Waals surface area contributed by atoms with Crippen LogP contribution in [-0.4, -0.2) is 26.9 Å². The molecule has 0 atom stereocenters. The number of aryl methyl sites for hydroxylation is 1.